The summed E-state index contributed by atoms with van der Waals surface area (Å²) in [4.78, 5) is 0. The maximum Gasteiger partial charge on any atom is 0.0914 e. The topological polar surface area (TPSA) is 52.5 Å². The minimum absolute atomic E-state index is 0.443. The number of nitrogens with one attached hydrogen (secondary N) is 1. The van der Waals surface area contributed by atoms with Crippen LogP contribution in [-0.2, 0) is 0 Å². The van der Waals surface area contributed by atoms with Gasteiger partial charge in [-0.3, -0.25) is 0 Å². The quantitative estimate of drug-likeness (QED) is 0.783. The lowest BCUT2D eigenvalue weighted by atomic mass is 9.79. The predicted molar refractivity (Wildman–Crippen MR) is 81.9 cm³/mol. The van der Waals surface area contributed by atoms with Gasteiger partial charge < -0.3 is 15.5 Å². The van der Waals surface area contributed by atoms with E-state index in [1.807, 2.05) is 12.1 Å². The van der Waals surface area contributed by atoms with Crippen LogP contribution in [0.25, 0.3) is 0 Å². The van der Waals surface area contributed by atoms with E-state index >= 15 is 0 Å². The van der Waals surface area contributed by atoms with Gasteiger partial charge in [-0.1, -0.05) is 43.5 Å². The van der Waals surface area contributed by atoms with Crippen molar-refractivity contribution in [1.82, 2.24) is 5.32 Å². The van der Waals surface area contributed by atoms with Crippen LogP contribution < -0.4 is 5.32 Å². The third-order valence-electron chi connectivity index (χ3n) is 4.11. The minimum atomic E-state index is -0.614. The summed E-state index contributed by atoms with van der Waals surface area (Å²) >= 11 is 5.82. The molecule has 1 saturated carbocycles. The van der Waals surface area contributed by atoms with Gasteiger partial charge in [-0.05, 0) is 36.5 Å². The summed E-state index contributed by atoms with van der Waals surface area (Å²) in [7, 11) is 0. The van der Waals surface area contributed by atoms with Crippen LogP contribution in [0.15, 0.2) is 24.3 Å². The molecule has 3 unspecified atom stereocenters. The molecule has 0 spiro atoms. The van der Waals surface area contributed by atoms with Crippen LogP contribution in [0.5, 0.6) is 0 Å². The van der Waals surface area contributed by atoms with Crippen LogP contribution in [0.4, 0.5) is 0 Å². The standard InChI is InChI=1S/C16H24ClNO2/c1-12-3-2-8-16(20,9-12)11-18-10-15(19)13-4-6-14(17)7-5-13/h4-7,12,15,18-20H,2-3,8-11H2,1H3. The van der Waals surface area contributed by atoms with E-state index in [0.717, 1.165) is 24.8 Å². The third-order valence-corrected chi connectivity index (χ3v) is 4.37. The second-order valence-electron chi connectivity index (χ2n) is 6.12. The summed E-state index contributed by atoms with van der Waals surface area (Å²) in [6.45, 7) is 3.17. The number of halogens is 1. The van der Waals surface area contributed by atoms with Gasteiger partial charge in [-0.15, -0.1) is 0 Å². The van der Waals surface area contributed by atoms with E-state index in [4.69, 9.17) is 11.6 Å². The molecule has 0 bridgehead atoms. The molecule has 3 N–H and O–H groups in total. The molecule has 2 rings (SSSR count). The fourth-order valence-electron chi connectivity index (χ4n) is 3.04. The Morgan fingerprint density at radius 3 is 2.75 bits per heavy atom. The predicted octanol–water partition coefficient (Wildman–Crippen LogP) is 2.90. The van der Waals surface area contributed by atoms with E-state index in [2.05, 4.69) is 12.2 Å². The first-order valence-electron chi connectivity index (χ1n) is 7.35. The summed E-state index contributed by atoms with van der Waals surface area (Å²) in [5, 5.41) is 24.5. The van der Waals surface area contributed by atoms with Crippen molar-refractivity contribution in [2.24, 2.45) is 5.92 Å². The molecule has 0 heterocycles. The van der Waals surface area contributed by atoms with Gasteiger partial charge >= 0.3 is 0 Å². The van der Waals surface area contributed by atoms with Crippen LogP contribution in [0.2, 0.25) is 5.02 Å². The van der Waals surface area contributed by atoms with Gasteiger partial charge in [-0.25, -0.2) is 0 Å². The van der Waals surface area contributed by atoms with Gasteiger partial charge in [0.1, 0.15) is 0 Å². The Kier molecular flexibility index (Phi) is 5.44. The molecule has 1 aromatic rings. The van der Waals surface area contributed by atoms with E-state index in [-0.39, 0.29) is 0 Å². The molecular formula is C16H24ClNO2. The molecule has 1 aliphatic rings. The molecule has 0 radical (unpaired) electrons. The van der Waals surface area contributed by atoms with Crippen molar-refractivity contribution in [3.05, 3.63) is 34.9 Å². The molecule has 112 valence electrons. The van der Waals surface area contributed by atoms with Gasteiger partial charge in [0.25, 0.3) is 0 Å². The van der Waals surface area contributed by atoms with Crippen LogP contribution in [0.1, 0.15) is 44.3 Å². The lowest BCUT2D eigenvalue weighted by Crippen LogP contribution is -2.44. The van der Waals surface area contributed by atoms with Crippen molar-refractivity contribution >= 4 is 11.6 Å². The minimum Gasteiger partial charge on any atom is -0.389 e. The van der Waals surface area contributed by atoms with Crippen molar-refractivity contribution in [1.29, 1.82) is 0 Å². The van der Waals surface area contributed by atoms with Crippen LogP contribution >= 0.6 is 11.6 Å². The Morgan fingerprint density at radius 1 is 1.40 bits per heavy atom. The number of hydrogen-bond acceptors (Lipinski definition) is 3. The lowest BCUT2D eigenvalue weighted by Gasteiger charge is -2.36. The van der Waals surface area contributed by atoms with Crippen LogP contribution in [0.3, 0.4) is 0 Å². The van der Waals surface area contributed by atoms with Crippen molar-refractivity contribution in [2.45, 2.75) is 44.3 Å². The Morgan fingerprint density at radius 2 is 2.10 bits per heavy atom. The highest BCUT2D eigenvalue weighted by atomic mass is 35.5. The Hall–Kier alpha value is -0.610. The molecular weight excluding hydrogens is 274 g/mol. The van der Waals surface area contributed by atoms with E-state index in [0.29, 0.717) is 24.0 Å². The molecule has 0 saturated heterocycles. The molecule has 3 atom stereocenters. The average molecular weight is 298 g/mol. The fourth-order valence-corrected chi connectivity index (χ4v) is 3.16. The number of hydrogen-bond donors (Lipinski definition) is 3. The maximum absolute atomic E-state index is 10.5. The molecule has 0 aliphatic heterocycles. The number of rotatable bonds is 5. The normalized spacial score (nSPS) is 28.3. The second kappa shape index (κ2) is 6.90. The smallest absolute Gasteiger partial charge is 0.0914 e. The highest BCUT2D eigenvalue weighted by molar-refractivity contribution is 6.30. The monoisotopic (exact) mass is 297 g/mol. The first kappa shape index (κ1) is 15.8. The Bertz CT molecular complexity index is 423. The van der Waals surface area contributed by atoms with Gasteiger partial charge in [0, 0.05) is 18.1 Å². The molecule has 3 nitrogen and oxygen atoms in total. The summed E-state index contributed by atoms with van der Waals surface area (Å²) < 4.78 is 0. The first-order chi connectivity index (χ1) is 9.48. The zero-order valence-corrected chi connectivity index (χ0v) is 12.7. The van der Waals surface area contributed by atoms with Gasteiger partial charge in [0.2, 0.25) is 0 Å². The third kappa shape index (κ3) is 4.45. The molecule has 20 heavy (non-hydrogen) atoms. The molecule has 1 aliphatic carbocycles. The van der Waals surface area contributed by atoms with E-state index in [9.17, 15) is 10.2 Å². The van der Waals surface area contributed by atoms with Gasteiger partial charge in [0.15, 0.2) is 0 Å². The summed E-state index contributed by atoms with van der Waals surface area (Å²) in [5.74, 6) is 0.580. The average Bonchev–Trinajstić information content (AvgIpc) is 2.38. The molecule has 1 fully saturated rings. The zero-order valence-electron chi connectivity index (χ0n) is 12.0. The van der Waals surface area contributed by atoms with Crippen molar-refractivity contribution < 1.29 is 10.2 Å². The summed E-state index contributed by atoms with van der Waals surface area (Å²) in [6, 6.07) is 7.20. The van der Waals surface area contributed by atoms with Crippen LogP contribution in [0, 0.1) is 5.92 Å². The van der Waals surface area contributed by atoms with Crippen LogP contribution in [-0.4, -0.2) is 28.9 Å². The Labute approximate surface area is 126 Å². The number of aliphatic hydroxyl groups excluding tert-OH is 1. The van der Waals surface area contributed by atoms with E-state index < -0.39 is 11.7 Å². The second-order valence-corrected chi connectivity index (χ2v) is 6.56. The maximum atomic E-state index is 10.5. The lowest BCUT2D eigenvalue weighted by molar-refractivity contribution is -0.0135. The Balaban J connectivity index is 1.79. The van der Waals surface area contributed by atoms with E-state index in [1.165, 1.54) is 6.42 Å². The van der Waals surface area contributed by atoms with Crippen molar-refractivity contribution in [3.8, 4) is 0 Å². The molecule has 0 amide bonds. The fraction of sp³-hybridized carbons (Fsp3) is 0.625. The first-order valence-corrected chi connectivity index (χ1v) is 7.73. The number of benzene rings is 1. The SMILES string of the molecule is CC1CCCC(O)(CNCC(O)c2ccc(Cl)cc2)C1. The van der Waals surface area contributed by atoms with E-state index in [1.54, 1.807) is 12.1 Å². The largest absolute Gasteiger partial charge is 0.389 e. The summed E-state index contributed by atoms with van der Waals surface area (Å²) in [6.07, 6.45) is 3.41. The summed E-state index contributed by atoms with van der Waals surface area (Å²) in [5.41, 5.74) is 0.225. The number of aliphatic hydroxyl groups is 2. The molecule has 0 aromatic heterocycles. The highest BCUT2D eigenvalue weighted by Crippen LogP contribution is 2.31. The van der Waals surface area contributed by atoms with Gasteiger partial charge in [0.05, 0.1) is 11.7 Å². The van der Waals surface area contributed by atoms with Crippen molar-refractivity contribution in [2.75, 3.05) is 13.1 Å². The van der Waals surface area contributed by atoms with Crippen molar-refractivity contribution in [3.63, 3.8) is 0 Å². The van der Waals surface area contributed by atoms with Gasteiger partial charge in [-0.2, -0.15) is 0 Å². The molecule has 1 aromatic carbocycles. The highest BCUT2D eigenvalue weighted by Gasteiger charge is 2.32. The molecule has 4 heteroatoms. The zero-order chi connectivity index (χ0) is 14.6.